The molecule has 2 aromatic rings. The Hall–Kier alpha value is -0.750. The second kappa shape index (κ2) is 7.88. The van der Waals surface area contributed by atoms with Crippen LogP contribution in [-0.4, -0.2) is 6.61 Å². The molecular weight excluding hydrogens is 429 g/mol. The lowest BCUT2D eigenvalue weighted by atomic mass is 10.2. The zero-order valence-corrected chi connectivity index (χ0v) is 15.1. The van der Waals surface area contributed by atoms with Crippen molar-refractivity contribution in [3.63, 3.8) is 0 Å². The molecule has 2 aromatic carbocycles. The lowest BCUT2D eigenvalue weighted by Gasteiger charge is -2.13. The van der Waals surface area contributed by atoms with Crippen LogP contribution in [0.3, 0.4) is 0 Å². The van der Waals surface area contributed by atoms with Gasteiger partial charge in [-0.25, -0.2) is 0 Å². The molecule has 0 atom stereocenters. The number of nitrogens with one attached hydrogen (secondary N) is 1. The molecule has 2 nitrogen and oxygen atoms in total. The predicted octanol–water partition coefficient (Wildman–Crippen LogP) is 5.45. The summed E-state index contributed by atoms with van der Waals surface area (Å²) in [5.41, 5.74) is 2.28. The summed E-state index contributed by atoms with van der Waals surface area (Å²) >= 11 is 5.82. The quantitative estimate of drug-likeness (QED) is 0.596. The van der Waals surface area contributed by atoms with Crippen molar-refractivity contribution < 1.29 is 4.74 Å². The highest BCUT2D eigenvalue weighted by molar-refractivity contribution is 14.1. The highest BCUT2D eigenvalue weighted by atomic mass is 127. The van der Waals surface area contributed by atoms with Gasteiger partial charge in [-0.15, -0.1) is 0 Å². The minimum absolute atomic E-state index is 0.748. The van der Waals surface area contributed by atoms with Gasteiger partial charge in [0.1, 0.15) is 5.75 Å². The molecule has 0 unspecified atom stereocenters. The Morgan fingerprint density at radius 2 is 1.90 bits per heavy atom. The first-order valence-corrected chi connectivity index (χ1v) is 8.47. The van der Waals surface area contributed by atoms with Gasteiger partial charge in [0.15, 0.2) is 0 Å². The summed E-state index contributed by atoms with van der Waals surface area (Å²) in [5.74, 6) is 0.952. The fourth-order valence-electron chi connectivity index (χ4n) is 1.80. The van der Waals surface area contributed by atoms with Crippen molar-refractivity contribution in [3.8, 4) is 5.75 Å². The van der Waals surface area contributed by atoms with Gasteiger partial charge in [-0.3, -0.25) is 0 Å². The van der Waals surface area contributed by atoms with Crippen molar-refractivity contribution in [3.05, 3.63) is 56.1 Å². The lowest BCUT2D eigenvalue weighted by molar-refractivity contribution is 0.314. The fourth-order valence-corrected chi connectivity index (χ4v) is 2.57. The molecule has 0 fully saturated rings. The SMILES string of the molecule is CCCOc1ccc(Br)cc1CNc1ccc(I)cc1. The summed E-state index contributed by atoms with van der Waals surface area (Å²) in [5, 5.41) is 3.43. The molecule has 0 heterocycles. The van der Waals surface area contributed by atoms with Crippen LogP contribution in [0.4, 0.5) is 5.69 Å². The van der Waals surface area contributed by atoms with Gasteiger partial charge in [0.25, 0.3) is 0 Å². The molecule has 0 aliphatic carbocycles. The second-order valence-corrected chi connectivity index (χ2v) is 6.62. The first kappa shape index (κ1) is 15.6. The Kier molecular flexibility index (Phi) is 6.16. The van der Waals surface area contributed by atoms with Crippen LogP contribution in [0.25, 0.3) is 0 Å². The average Bonchev–Trinajstić information content (AvgIpc) is 2.46. The smallest absolute Gasteiger partial charge is 0.124 e. The third-order valence-corrected chi connectivity index (χ3v) is 4.02. The summed E-state index contributed by atoms with van der Waals surface area (Å²) in [6, 6.07) is 14.5. The number of benzene rings is 2. The van der Waals surface area contributed by atoms with E-state index in [4.69, 9.17) is 4.74 Å². The third-order valence-electron chi connectivity index (χ3n) is 2.81. The van der Waals surface area contributed by atoms with Gasteiger partial charge in [0, 0.05) is 25.8 Å². The molecule has 0 aliphatic heterocycles. The first-order chi connectivity index (χ1) is 9.69. The maximum atomic E-state index is 5.79. The molecule has 0 saturated carbocycles. The average molecular weight is 446 g/mol. The monoisotopic (exact) mass is 445 g/mol. The second-order valence-electron chi connectivity index (χ2n) is 4.46. The largest absolute Gasteiger partial charge is 0.493 e. The van der Waals surface area contributed by atoms with Crippen molar-refractivity contribution in [1.82, 2.24) is 0 Å². The van der Waals surface area contributed by atoms with Crippen molar-refractivity contribution in [1.29, 1.82) is 0 Å². The number of hydrogen-bond acceptors (Lipinski definition) is 2. The predicted molar refractivity (Wildman–Crippen MR) is 96.4 cm³/mol. The third kappa shape index (κ3) is 4.66. The Bertz CT molecular complexity index is 557. The molecule has 0 aliphatic rings. The highest BCUT2D eigenvalue weighted by Gasteiger charge is 2.04. The normalized spacial score (nSPS) is 10.3. The molecule has 0 bridgehead atoms. The van der Waals surface area contributed by atoms with Crippen LogP contribution in [0.1, 0.15) is 18.9 Å². The number of ether oxygens (including phenoxy) is 1. The van der Waals surface area contributed by atoms with E-state index in [9.17, 15) is 0 Å². The Morgan fingerprint density at radius 3 is 2.60 bits per heavy atom. The van der Waals surface area contributed by atoms with Crippen molar-refractivity contribution in [2.45, 2.75) is 19.9 Å². The van der Waals surface area contributed by atoms with Gasteiger partial charge in [-0.05, 0) is 71.5 Å². The standard InChI is InChI=1S/C16H17BrINO/c1-2-9-20-16-8-3-13(17)10-12(16)11-19-15-6-4-14(18)5-7-15/h3-8,10,19H,2,9,11H2,1H3. The van der Waals surface area contributed by atoms with E-state index < -0.39 is 0 Å². The van der Waals surface area contributed by atoms with Crippen LogP contribution >= 0.6 is 38.5 Å². The molecule has 0 spiro atoms. The molecule has 1 N–H and O–H groups in total. The van der Waals surface area contributed by atoms with E-state index in [2.05, 4.69) is 81.1 Å². The van der Waals surface area contributed by atoms with E-state index in [-0.39, 0.29) is 0 Å². The van der Waals surface area contributed by atoms with Gasteiger partial charge in [0.05, 0.1) is 6.61 Å². The van der Waals surface area contributed by atoms with Crippen LogP contribution in [0.5, 0.6) is 5.75 Å². The number of halogens is 2. The van der Waals surface area contributed by atoms with Crippen LogP contribution in [0.2, 0.25) is 0 Å². The van der Waals surface area contributed by atoms with Crippen molar-refractivity contribution >= 4 is 44.2 Å². The van der Waals surface area contributed by atoms with Crippen LogP contribution in [-0.2, 0) is 6.54 Å². The fraction of sp³-hybridized carbons (Fsp3) is 0.250. The molecule has 4 heteroatoms. The van der Waals surface area contributed by atoms with Gasteiger partial charge in [-0.2, -0.15) is 0 Å². The Balaban J connectivity index is 2.07. The molecule has 106 valence electrons. The maximum absolute atomic E-state index is 5.79. The molecule has 0 aromatic heterocycles. The lowest BCUT2D eigenvalue weighted by Crippen LogP contribution is -2.04. The van der Waals surface area contributed by atoms with E-state index in [1.807, 2.05) is 12.1 Å². The first-order valence-electron chi connectivity index (χ1n) is 6.59. The van der Waals surface area contributed by atoms with E-state index in [0.29, 0.717) is 0 Å². The molecule has 0 amide bonds. The van der Waals surface area contributed by atoms with Gasteiger partial charge in [0.2, 0.25) is 0 Å². The van der Waals surface area contributed by atoms with Crippen molar-refractivity contribution in [2.24, 2.45) is 0 Å². The zero-order valence-electron chi connectivity index (χ0n) is 11.3. The highest BCUT2D eigenvalue weighted by Crippen LogP contribution is 2.24. The topological polar surface area (TPSA) is 21.3 Å². The zero-order chi connectivity index (χ0) is 14.4. The van der Waals surface area contributed by atoms with E-state index in [1.165, 1.54) is 3.57 Å². The van der Waals surface area contributed by atoms with Gasteiger partial charge >= 0.3 is 0 Å². The van der Waals surface area contributed by atoms with Crippen LogP contribution < -0.4 is 10.1 Å². The van der Waals surface area contributed by atoms with E-state index in [1.54, 1.807) is 0 Å². The van der Waals surface area contributed by atoms with E-state index in [0.717, 1.165) is 41.0 Å². The molecular formula is C16H17BrINO. The van der Waals surface area contributed by atoms with E-state index >= 15 is 0 Å². The molecule has 0 saturated heterocycles. The summed E-state index contributed by atoms with van der Waals surface area (Å²) in [6.07, 6.45) is 1.01. The number of anilines is 1. The number of rotatable bonds is 6. The Morgan fingerprint density at radius 1 is 1.15 bits per heavy atom. The summed E-state index contributed by atoms with van der Waals surface area (Å²) < 4.78 is 8.10. The van der Waals surface area contributed by atoms with Gasteiger partial charge < -0.3 is 10.1 Å². The Labute approximate surface area is 142 Å². The molecule has 0 radical (unpaired) electrons. The van der Waals surface area contributed by atoms with Crippen LogP contribution in [0, 0.1) is 3.57 Å². The summed E-state index contributed by atoms with van der Waals surface area (Å²) in [7, 11) is 0. The summed E-state index contributed by atoms with van der Waals surface area (Å²) in [6.45, 7) is 3.61. The summed E-state index contributed by atoms with van der Waals surface area (Å²) in [4.78, 5) is 0. The van der Waals surface area contributed by atoms with Crippen molar-refractivity contribution in [2.75, 3.05) is 11.9 Å². The van der Waals surface area contributed by atoms with Crippen LogP contribution in [0.15, 0.2) is 46.9 Å². The molecule has 20 heavy (non-hydrogen) atoms. The maximum Gasteiger partial charge on any atom is 0.124 e. The minimum Gasteiger partial charge on any atom is -0.493 e. The molecule has 2 rings (SSSR count). The van der Waals surface area contributed by atoms with Gasteiger partial charge in [-0.1, -0.05) is 22.9 Å². The minimum atomic E-state index is 0.748. The number of hydrogen-bond donors (Lipinski definition) is 1.